The van der Waals surface area contributed by atoms with E-state index in [2.05, 4.69) is 19.9 Å². The lowest BCUT2D eigenvalue weighted by atomic mass is 9.74. The molecular weight excluding hydrogens is 268 g/mol. The van der Waals surface area contributed by atoms with Gasteiger partial charge in [-0.05, 0) is 91.5 Å². The van der Waals surface area contributed by atoms with Crippen molar-refractivity contribution < 1.29 is 5.11 Å². The molecule has 124 valence electrons. The second-order valence-corrected chi connectivity index (χ2v) is 7.38. The average molecular weight is 303 g/mol. The van der Waals surface area contributed by atoms with Crippen molar-refractivity contribution in [2.45, 2.75) is 85.7 Å². The highest BCUT2D eigenvalue weighted by atomic mass is 16.3. The lowest BCUT2D eigenvalue weighted by Crippen LogP contribution is -2.22. The van der Waals surface area contributed by atoms with Crippen molar-refractivity contribution in [3.63, 3.8) is 0 Å². The van der Waals surface area contributed by atoms with Crippen LogP contribution in [0.5, 0.6) is 0 Å². The van der Waals surface area contributed by atoms with Crippen LogP contribution in [0.4, 0.5) is 0 Å². The minimum Gasteiger partial charge on any atom is -0.393 e. The summed E-state index contributed by atoms with van der Waals surface area (Å²) in [6.07, 6.45) is 8.22. The minimum absolute atomic E-state index is 0.222. The van der Waals surface area contributed by atoms with E-state index in [0.29, 0.717) is 0 Å². The maximum atomic E-state index is 9.94. The van der Waals surface area contributed by atoms with Gasteiger partial charge in [-0.15, -0.1) is 0 Å². The topological polar surface area (TPSA) is 20.2 Å². The summed E-state index contributed by atoms with van der Waals surface area (Å²) in [6.45, 7) is 10.7. The zero-order chi connectivity index (χ0) is 16.3. The number of aliphatic hydroxyl groups is 1. The van der Waals surface area contributed by atoms with Gasteiger partial charge in [-0.3, -0.25) is 0 Å². The molecule has 0 heterocycles. The summed E-state index contributed by atoms with van der Waals surface area (Å²) in [4.78, 5) is 0. The van der Waals surface area contributed by atoms with E-state index in [1.54, 1.807) is 22.3 Å². The molecule has 22 heavy (non-hydrogen) atoms. The molecule has 0 amide bonds. The fraction of sp³-hybridized carbons (Fsp3) is 0.714. The molecule has 0 radical (unpaired) electrons. The second kappa shape index (κ2) is 7.64. The van der Waals surface area contributed by atoms with Crippen molar-refractivity contribution >= 4 is 0 Å². The van der Waals surface area contributed by atoms with E-state index >= 15 is 0 Å². The van der Waals surface area contributed by atoms with E-state index in [1.165, 1.54) is 44.1 Å². The Balaban J connectivity index is 0.000000847. The highest BCUT2D eigenvalue weighted by Crippen LogP contribution is 2.37. The molecule has 0 spiro atoms. The maximum Gasteiger partial charge on any atom is 0.0552 e. The SMILES string of the molecule is CC.CC(O)Cc1c2c(cc3c1CC(C)CC3)CCC(C)C2. The Morgan fingerprint density at radius 3 is 1.86 bits per heavy atom. The number of aliphatic hydroxyl groups excluding tert-OH is 1. The van der Waals surface area contributed by atoms with Crippen LogP contribution in [-0.4, -0.2) is 11.2 Å². The molecule has 0 saturated heterocycles. The van der Waals surface area contributed by atoms with Gasteiger partial charge in [-0.25, -0.2) is 0 Å². The first-order valence-electron chi connectivity index (χ1n) is 9.38. The number of hydrogen-bond donors (Lipinski definition) is 1. The molecule has 1 heteroatoms. The predicted octanol–water partition coefficient (Wildman–Crippen LogP) is 4.89. The molecule has 0 saturated carbocycles. The number of aryl methyl sites for hydroxylation is 2. The van der Waals surface area contributed by atoms with Crippen LogP contribution < -0.4 is 0 Å². The van der Waals surface area contributed by atoms with Crippen LogP contribution in [0.1, 0.15) is 75.3 Å². The fourth-order valence-electron chi connectivity index (χ4n) is 4.16. The third-order valence-electron chi connectivity index (χ3n) is 5.27. The van der Waals surface area contributed by atoms with Gasteiger partial charge in [-0.2, -0.15) is 0 Å². The van der Waals surface area contributed by atoms with E-state index in [0.717, 1.165) is 18.3 Å². The maximum absolute atomic E-state index is 9.94. The summed E-state index contributed by atoms with van der Waals surface area (Å²) >= 11 is 0. The number of rotatable bonds is 2. The van der Waals surface area contributed by atoms with E-state index < -0.39 is 0 Å². The van der Waals surface area contributed by atoms with Crippen LogP contribution in [0, 0.1) is 11.8 Å². The molecule has 2 aliphatic rings. The van der Waals surface area contributed by atoms with Crippen LogP contribution in [0.3, 0.4) is 0 Å². The highest BCUT2D eigenvalue weighted by Gasteiger charge is 2.26. The van der Waals surface area contributed by atoms with Crippen molar-refractivity contribution in [1.82, 2.24) is 0 Å². The normalized spacial score (nSPS) is 24.6. The molecule has 1 N–H and O–H groups in total. The van der Waals surface area contributed by atoms with Crippen LogP contribution in [0.15, 0.2) is 6.07 Å². The quantitative estimate of drug-likeness (QED) is 0.825. The van der Waals surface area contributed by atoms with Crippen molar-refractivity contribution in [2.24, 2.45) is 11.8 Å². The van der Waals surface area contributed by atoms with Crippen LogP contribution in [0.2, 0.25) is 0 Å². The first-order chi connectivity index (χ1) is 10.5. The Bertz CT molecular complexity index is 463. The van der Waals surface area contributed by atoms with Gasteiger partial charge < -0.3 is 5.11 Å². The Morgan fingerprint density at radius 2 is 1.45 bits per heavy atom. The van der Waals surface area contributed by atoms with E-state index in [1.807, 2.05) is 20.8 Å². The summed E-state index contributed by atoms with van der Waals surface area (Å²) in [5.74, 6) is 1.60. The van der Waals surface area contributed by atoms with Crippen molar-refractivity contribution in [1.29, 1.82) is 0 Å². The lowest BCUT2D eigenvalue weighted by Gasteiger charge is -2.32. The van der Waals surface area contributed by atoms with E-state index in [4.69, 9.17) is 0 Å². The van der Waals surface area contributed by atoms with Crippen LogP contribution in [0.25, 0.3) is 0 Å². The largest absolute Gasteiger partial charge is 0.393 e. The summed E-state index contributed by atoms with van der Waals surface area (Å²) in [5.41, 5.74) is 7.89. The number of fused-ring (bicyclic) bond motifs is 2. The van der Waals surface area contributed by atoms with Crippen molar-refractivity contribution in [3.8, 4) is 0 Å². The lowest BCUT2D eigenvalue weighted by molar-refractivity contribution is 0.194. The Morgan fingerprint density at radius 1 is 1.00 bits per heavy atom. The van der Waals surface area contributed by atoms with Gasteiger partial charge in [0.2, 0.25) is 0 Å². The smallest absolute Gasteiger partial charge is 0.0552 e. The predicted molar refractivity (Wildman–Crippen MR) is 95.6 cm³/mol. The zero-order valence-corrected chi connectivity index (χ0v) is 15.2. The molecule has 3 atom stereocenters. The highest BCUT2D eigenvalue weighted by molar-refractivity contribution is 5.49. The second-order valence-electron chi connectivity index (χ2n) is 7.38. The molecule has 1 aromatic carbocycles. The summed E-state index contributed by atoms with van der Waals surface area (Å²) in [7, 11) is 0. The first kappa shape index (κ1) is 17.5. The molecular formula is C21H34O. The molecule has 0 fully saturated rings. The van der Waals surface area contributed by atoms with Crippen molar-refractivity contribution in [2.75, 3.05) is 0 Å². The Hall–Kier alpha value is -0.820. The molecule has 0 bridgehead atoms. The monoisotopic (exact) mass is 302 g/mol. The minimum atomic E-state index is -0.222. The Kier molecular flexibility index (Phi) is 6.09. The van der Waals surface area contributed by atoms with Gasteiger partial charge in [-0.1, -0.05) is 33.8 Å². The fourth-order valence-corrected chi connectivity index (χ4v) is 4.16. The molecule has 1 aromatic rings. The van der Waals surface area contributed by atoms with Gasteiger partial charge in [0.25, 0.3) is 0 Å². The molecule has 3 rings (SSSR count). The number of benzene rings is 1. The van der Waals surface area contributed by atoms with Gasteiger partial charge in [0.05, 0.1) is 6.10 Å². The van der Waals surface area contributed by atoms with Crippen LogP contribution in [-0.2, 0) is 32.1 Å². The molecule has 3 unspecified atom stereocenters. The summed E-state index contributed by atoms with van der Waals surface area (Å²) in [6, 6.07) is 2.51. The number of hydrogen-bond acceptors (Lipinski definition) is 1. The molecule has 0 aliphatic heterocycles. The van der Waals surface area contributed by atoms with Crippen molar-refractivity contribution in [3.05, 3.63) is 33.9 Å². The summed E-state index contributed by atoms with van der Waals surface area (Å²) < 4.78 is 0. The van der Waals surface area contributed by atoms with Crippen LogP contribution >= 0.6 is 0 Å². The standard InChI is InChI=1S/C19H28O.C2H6/c1-12-4-6-15-11-16-7-5-13(2)9-18(16)19(10-14(3)20)17(15)8-12;1-2/h11-14,20H,4-10H2,1-3H3;1-2H3. The molecule has 0 aromatic heterocycles. The van der Waals surface area contributed by atoms with Gasteiger partial charge in [0.15, 0.2) is 0 Å². The molecule has 1 nitrogen and oxygen atoms in total. The third-order valence-corrected chi connectivity index (χ3v) is 5.27. The molecule has 2 aliphatic carbocycles. The van der Waals surface area contributed by atoms with E-state index in [-0.39, 0.29) is 6.10 Å². The Labute approximate surface area is 137 Å². The van der Waals surface area contributed by atoms with E-state index in [9.17, 15) is 5.11 Å². The summed E-state index contributed by atoms with van der Waals surface area (Å²) in [5, 5.41) is 9.94. The first-order valence-corrected chi connectivity index (χ1v) is 9.38. The van der Waals surface area contributed by atoms with Gasteiger partial charge in [0, 0.05) is 0 Å². The third kappa shape index (κ3) is 3.74. The van der Waals surface area contributed by atoms with Gasteiger partial charge in [0.1, 0.15) is 0 Å². The zero-order valence-electron chi connectivity index (χ0n) is 15.2. The van der Waals surface area contributed by atoms with Gasteiger partial charge >= 0.3 is 0 Å². The average Bonchev–Trinajstić information content (AvgIpc) is 2.50.